The maximum atomic E-state index is 12.9. The molecule has 148 valence electrons. The number of carbonyl (C=O) groups excluding carboxylic acids is 2. The van der Waals surface area contributed by atoms with E-state index >= 15 is 0 Å². The maximum Gasteiger partial charge on any atom is 0.409 e. The van der Waals surface area contributed by atoms with E-state index in [2.05, 4.69) is 15.1 Å². The van der Waals surface area contributed by atoms with Crippen molar-refractivity contribution in [2.24, 2.45) is 5.92 Å². The van der Waals surface area contributed by atoms with Crippen LogP contribution in [0.5, 0.6) is 5.88 Å². The Morgan fingerprint density at radius 3 is 2.48 bits per heavy atom. The summed E-state index contributed by atoms with van der Waals surface area (Å²) in [5.41, 5.74) is 0. The van der Waals surface area contributed by atoms with Gasteiger partial charge in [-0.1, -0.05) is 0 Å². The van der Waals surface area contributed by atoms with E-state index in [0.717, 1.165) is 25.2 Å². The number of anilines is 1. The lowest BCUT2D eigenvalue weighted by molar-refractivity contribution is -0.137. The number of amides is 2. The highest BCUT2D eigenvalue weighted by molar-refractivity contribution is 5.80. The van der Waals surface area contributed by atoms with Gasteiger partial charge in [-0.2, -0.15) is 0 Å². The predicted molar refractivity (Wildman–Crippen MR) is 98.7 cm³/mol. The Hall–Kier alpha value is -2.58. The third-order valence-corrected chi connectivity index (χ3v) is 5.05. The third kappa shape index (κ3) is 4.58. The molecule has 0 spiro atoms. The zero-order valence-electron chi connectivity index (χ0n) is 16.0. The van der Waals surface area contributed by atoms with E-state index in [0.29, 0.717) is 45.2 Å². The fraction of sp³-hybridized carbons (Fsp3) is 0.667. The Kier molecular flexibility index (Phi) is 6.31. The number of piperidine rings is 1. The molecule has 0 saturated carbocycles. The Morgan fingerprint density at radius 1 is 1.11 bits per heavy atom. The fourth-order valence-electron chi connectivity index (χ4n) is 3.56. The topological polar surface area (TPSA) is 88.1 Å². The molecule has 2 fully saturated rings. The number of ether oxygens (including phenoxy) is 2. The van der Waals surface area contributed by atoms with Crippen molar-refractivity contribution in [2.75, 3.05) is 57.9 Å². The second kappa shape index (κ2) is 8.88. The molecule has 1 atom stereocenters. The SMILES string of the molecule is CCOC(=O)N1CCN(C(=O)C2CCCN(c3ccc(OC)nn3)C2)CC1. The molecule has 2 aliphatic rings. The van der Waals surface area contributed by atoms with Gasteiger partial charge in [-0.15, -0.1) is 10.2 Å². The zero-order valence-corrected chi connectivity index (χ0v) is 16.0. The number of piperazine rings is 1. The Balaban J connectivity index is 1.55. The van der Waals surface area contributed by atoms with Crippen LogP contribution >= 0.6 is 0 Å². The zero-order chi connectivity index (χ0) is 19.2. The molecular weight excluding hydrogens is 350 g/mol. The van der Waals surface area contributed by atoms with Gasteiger partial charge in [0.25, 0.3) is 0 Å². The lowest BCUT2D eigenvalue weighted by Gasteiger charge is -2.38. The average Bonchev–Trinajstić information content (AvgIpc) is 2.73. The largest absolute Gasteiger partial charge is 0.480 e. The summed E-state index contributed by atoms with van der Waals surface area (Å²) in [6.07, 6.45) is 1.51. The minimum atomic E-state index is -0.300. The molecule has 2 saturated heterocycles. The number of nitrogens with zero attached hydrogens (tertiary/aromatic N) is 5. The van der Waals surface area contributed by atoms with Crippen molar-refractivity contribution in [3.8, 4) is 5.88 Å². The smallest absolute Gasteiger partial charge is 0.409 e. The van der Waals surface area contributed by atoms with Crippen LogP contribution in [0.3, 0.4) is 0 Å². The summed E-state index contributed by atoms with van der Waals surface area (Å²) in [4.78, 5) is 30.4. The molecular formula is C18H27N5O4. The van der Waals surface area contributed by atoms with Crippen LogP contribution in [0, 0.1) is 5.92 Å². The summed E-state index contributed by atoms with van der Waals surface area (Å²) in [5.74, 6) is 1.34. The molecule has 3 heterocycles. The van der Waals surface area contributed by atoms with Crippen molar-refractivity contribution in [1.82, 2.24) is 20.0 Å². The van der Waals surface area contributed by atoms with E-state index in [4.69, 9.17) is 9.47 Å². The molecule has 0 N–H and O–H groups in total. The number of hydrogen-bond acceptors (Lipinski definition) is 7. The molecule has 3 rings (SSSR count). The second-order valence-electron chi connectivity index (χ2n) is 6.73. The van der Waals surface area contributed by atoms with Gasteiger partial charge in [0.1, 0.15) is 0 Å². The third-order valence-electron chi connectivity index (χ3n) is 5.05. The van der Waals surface area contributed by atoms with Crippen LogP contribution in [-0.4, -0.2) is 85.0 Å². The van der Waals surface area contributed by atoms with Crippen molar-refractivity contribution in [3.63, 3.8) is 0 Å². The normalized spacial score (nSPS) is 20.4. The Morgan fingerprint density at radius 2 is 1.85 bits per heavy atom. The van der Waals surface area contributed by atoms with Gasteiger partial charge in [0.2, 0.25) is 11.8 Å². The summed E-state index contributed by atoms with van der Waals surface area (Å²) in [6, 6.07) is 3.65. The molecule has 27 heavy (non-hydrogen) atoms. The first-order valence-electron chi connectivity index (χ1n) is 9.45. The number of aromatic nitrogens is 2. The molecule has 0 aromatic carbocycles. The summed E-state index contributed by atoms with van der Waals surface area (Å²) in [7, 11) is 1.56. The minimum Gasteiger partial charge on any atom is -0.480 e. The van der Waals surface area contributed by atoms with Crippen LogP contribution in [0.15, 0.2) is 12.1 Å². The van der Waals surface area contributed by atoms with Crippen LogP contribution < -0.4 is 9.64 Å². The summed E-state index contributed by atoms with van der Waals surface area (Å²) < 4.78 is 10.1. The lowest BCUT2D eigenvalue weighted by atomic mass is 9.96. The predicted octanol–water partition coefficient (Wildman–Crippen LogP) is 1.00. The van der Waals surface area contributed by atoms with Gasteiger partial charge in [-0.05, 0) is 25.8 Å². The maximum absolute atomic E-state index is 12.9. The summed E-state index contributed by atoms with van der Waals surface area (Å²) in [6.45, 7) is 5.80. The molecule has 0 bridgehead atoms. The minimum absolute atomic E-state index is 0.0585. The van der Waals surface area contributed by atoms with Crippen molar-refractivity contribution < 1.29 is 19.1 Å². The van der Waals surface area contributed by atoms with Crippen LogP contribution in [0.2, 0.25) is 0 Å². The Bertz CT molecular complexity index is 646. The van der Waals surface area contributed by atoms with E-state index in [1.807, 2.05) is 11.0 Å². The van der Waals surface area contributed by atoms with Gasteiger partial charge < -0.3 is 24.2 Å². The van der Waals surface area contributed by atoms with E-state index in [9.17, 15) is 9.59 Å². The van der Waals surface area contributed by atoms with Crippen molar-refractivity contribution in [3.05, 3.63) is 12.1 Å². The van der Waals surface area contributed by atoms with E-state index in [1.165, 1.54) is 0 Å². The van der Waals surface area contributed by atoms with E-state index in [-0.39, 0.29) is 17.9 Å². The monoisotopic (exact) mass is 377 g/mol. The van der Waals surface area contributed by atoms with Gasteiger partial charge in [-0.25, -0.2) is 4.79 Å². The standard InChI is InChI=1S/C18H27N5O4/c1-3-27-18(25)22-11-9-21(10-12-22)17(24)14-5-4-8-23(13-14)15-6-7-16(26-2)20-19-15/h6-7,14H,3-5,8-13H2,1-2H3. The van der Waals surface area contributed by atoms with Gasteiger partial charge in [0.05, 0.1) is 19.6 Å². The van der Waals surface area contributed by atoms with Crippen molar-refractivity contribution >= 4 is 17.8 Å². The van der Waals surface area contributed by atoms with E-state index < -0.39 is 0 Å². The van der Waals surface area contributed by atoms with Crippen LogP contribution in [0.4, 0.5) is 10.6 Å². The molecule has 1 unspecified atom stereocenters. The molecule has 1 aromatic rings. The fourth-order valence-corrected chi connectivity index (χ4v) is 3.56. The van der Waals surface area contributed by atoms with Gasteiger partial charge in [-0.3, -0.25) is 4.79 Å². The number of methoxy groups -OCH3 is 1. The first-order chi connectivity index (χ1) is 13.1. The highest BCUT2D eigenvalue weighted by Gasteiger charge is 2.32. The Labute approximate surface area is 159 Å². The van der Waals surface area contributed by atoms with Crippen molar-refractivity contribution in [2.45, 2.75) is 19.8 Å². The van der Waals surface area contributed by atoms with Crippen LogP contribution in [-0.2, 0) is 9.53 Å². The van der Waals surface area contributed by atoms with Crippen LogP contribution in [0.25, 0.3) is 0 Å². The summed E-state index contributed by atoms with van der Waals surface area (Å²) in [5, 5.41) is 8.21. The molecule has 0 radical (unpaired) electrons. The first kappa shape index (κ1) is 19.2. The average molecular weight is 377 g/mol. The molecule has 1 aromatic heterocycles. The molecule has 9 nitrogen and oxygen atoms in total. The molecule has 2 amide bonds. The quantitative estimate of drug-likeness (QED) is 0.773. The number of rotatable bonds is 4. The van der Waals surface area contributed by atoms with Gasteiger partial charge in [0.15, 0.2) is 5.82 Å². The second-order valence-corrected chi connectivity index (χ2v) is 6.73. The van der Waals surface area contributed by atoms with Crippen LogP contribution in [0.1, 0.15) is 19.8 Å². The highest BCUT2D eigenvalue weighted by Crippen LogP contribution is 2.24. The van der Waals surface area contributed by atoms with Crippen molar-refractivity contribution in [1.29, 1.82) is 0 Å². The number of carbonyl (C=O) groups is 2. The highest BCUT2D eigenvalue weighted by atomic mass is 16.6. The lowest BCUT2D eigenvalue weighted by Crippen LogP contribution is -2.53. The first-order valence-corrected chi connectivity index (χ1v) is 9.45. The molecule has 2 aliphatic heterocycles. The molecule has 9 heteroatoms. The van der Waals surface area contributed by atoms with Gasteiger partial charge in [0, 0.05) is 45.3 Å². The van der Waals surface area contributed by atoms with E-state index in [1.54, 1.807) is 25.0 Å². The molecule has 0 aliphatic carbocycles. The summed E-state index contributed by atoms with van der Waals surface area (Å²) >= 11 is 0. The van der Waals surface area contributed by atoms with Gasteiger partial charge >= 0.3 is 6.09 Å². The number of hydrogen-bond donors (Lipinski definition) is 0.